The normalized spacial score (nSPS) is 11.7. The predicted molar refractivity (Wildman–Crippen MR) is 123 cm³/mol. The van der Waals surface area contributed by atoms with Gasteiger partial charge in [0.25, 0.3) is 0 Å². The standard InChI is InChI=1S/C19H27BrN4O2.HI/c1-5-21-18(22-10-11-25-15-8-6-14(20)7-9-15)24-13-17-23-12-16(26-17)19(2,3)4;/h6-9,12H,5,10-11,13H2,1-4H3,(H2,21,22,24);1H. The minimum absolute atomic E-state index is 0. The molecule has 0 fully saturated rings. The Morgan fingerprint density at radius 1 is 1.22 bits per heavy atom. The third-order valence-electron chi connectivity index (χ3n) is 3.49. The lowest BCUT2D eigenvalue weighted by atomic mass is 9.94. The molecule has 0 radical (unpaired) electrons. The maximum Gasteiger partial charge on any atom is 0.216 e. The monoisotopic (exact) mass is 550 g/mol. The molecule has 2 aromatic rings. The molecule has 2 rings (SSSR count). The van der Waals surface area contributed by atoms with Gasteiger partial charge in [0, 0.05) is 16.4 Å². The van der Waals surface area contributed by atoms with E-state index >= 15 is 0 Å². The summed E-state index contributed by atoms with van der Waals surface area (Å²) in [6.07, 6.45) is 1.78. The first-order valence-corrected chi connectivity index (χ1v) is 9.53. The van der Waals surface area contributed by atoms with Gasteiger partial charge in [-0.25, -0.2) is 9.98 Å². The molecule has 0 aliphatic heterocycles. The van der Waals surface area contributed by atoms with E-state index in [1.807, 2.05) is 31.2 Å². The molecule has 8 heteroatoms. The number of halogens is 2. The zero-order valence-corrected chi connectivity index (χ0v) is 20.1. The summed E-state index contributed by atoms with van der Waals surface area (Å²) < 4.78 is 12.5. The Morgan fingerprint density at radius 3 is 2.52 bits per heavy atom. The van der Waals surface area contributed by atoms with E-state index in [0.29, 0.717) is 31.5 Å². The van der Waals surface area contributed by atoms with Crippen molar-refractivity contribution in [3.8, 4) is 5.75 Å². The van der Waals surface area contributed by atoms with E-state index in [2.05, 4.69) is 57.3 Å². The number of oxazole rings is 1. The molecule has 1 aromatic heterocycles. The highest BCUT2D eigenvalue weighted by Gasteiger charge is 2.18. The summed E-state index contributed by atoms with van der Waals surface area (Å²) in [5.41, 5.74) is -0.0535. The van der Waals surface area contributed by atoms with Crippen molar-refractivity contribution in [1.82, 2.24) is 15.6 Å². The third kappa shape index (κ3) is 8.50. The molecule has 6 nitrogen and oxygen atoms in total. The highest BCUT2D eigenvalue weighted by molar-refractivity contribution is 14.0. The van der Waals surface area contributed by atoms with Gasteiger partial charge in [-0.1, -0.05) is 36.7 Å². The third-order valence-corrected chi connectivity index (χ3v) is 4.01. The number of nitrogens with zero attached hydrogens (tertiary/aromatic N) is 2. The molecular weight excluding hydrogens is 523 g/mol. The first kappa shape index (κ1) is 23.7. The molecule has 0 aliphatic rings. The number of ether oxygens (including phenoxy) is 1. The molecule has 0 atom stereocenters. The van der Waals surface area contributed by atoms with Gasteiger partial charge in [-0.3, -0.25) is 0 Å². The smallest absolute Gasteiger partial charge is 0.216 e. The van der Waals surface area contributed by atoms with Crippen LogP contribution in [-0.2, 0) is 12.0 Å². The van der Waals surface area contributed by atoms with Crippen molar-refractivity contribution in [3.05, 3.63) is 46.6 Å². The van der Waals surface area contributed by atoms with Crippen LogP contribution in [0, 0.1) is 0 Å². The van der Waals surface area contributed by atoms with E-state index in [0.717, 1.165) is 22.5 Å². The number of aromatic nitrogens is 1. The summed E-state index contributed by atoms with van der Waals surface area (Å²) in [4.78, 5) is 8.81. The maximum absolute atomic E-state index is 5.77. The van der Waals surface area contributed by atoms with Gasteiger partial charge in [0.1, 0.15) is 24.7 Å². The van der Waals surface area contributed by atoms with Gasteiger partial charge in [0.15, 0.2) is 5.96 Å². The fourth-order valence-electron chi connectivity index (χ4n) is 2.09. The molecule has 0 spiro atoms. The fraction of sp³-hybridized carbons (Fsp3) is 0.474. The number of guanidine groups is 1. The van der Waals surface area contributed by atoms with Gasteiger partial charge in [0.2, 0.25) is 5.89 Å². The fourth-order valence-corrected chi connectivity index (χ4v) is 2.35. The molecule has 2 N–H and O–H groups in total. The number of nitrogens with one attached hydrogen (secondary N) is 2. The van der Waals surface area contributed by atoms with Crippen LogP contribution in [0.3, 0.4) is 0 Å². The average Bonchev–Trinajstić information content (AvgIpc) is 3.07. The highest BCUT2D eigenvalue weighted by Crippen LogP contribution is 2.22. The van der Waals surface area contributed by atoms with Crippen LogP contribution in [0.5, 0.6) is 5.75 Å². The van der Waals surface area contributed by atoms with Crippen LogP contribution < -0.4 is 15.4 Å². The van der Waals surface area contributed by atoms with Gasteiger partial charge in [-0.15, -0.1) is 24.0 Å². The van der Waals surface area contributed by atoms with Crippen LogP contribution in [0.25, 0.3) is 0 Å². The van der Waals surface area contributed by atoms with Crippen molar-refractivity contribution in [1.29, 1.82) is 0 Å². The zero-order valence-electron chi connectivity index (χ0n) is 16.2. The Kier molecular flexibility index (Phi) is 10.1. The summed E-state index contributed by atoms with van der Waals surface area (Å²) in [5.74, 6) is 3.02. The predicted octanol–water partition coefficient (Wildman–Crippen LogP) is 4.49. The molecule has 0 aliphatic carbocycles. The number of rotatable bonds is 7. The molecule has 1 heterocycles. The first-order chi connectivity index (χ1) is 12.4. The van der Waals surface area contributed by atoms with E-state index < -0.39 is 0 Å². The Balaban J connectivity index is 0.00000364. The van der Waals surface area contributed by atoms with Crippen LogP contribution >= 0.6 is 39.9 Å². The molecule has 0 amide bonds. The van der Waals surface area contributed by atoms with E-state index in [9.17, 15) is 0 Å². The topological polar surface area (TPSA) is 71.7 Å². The second-order valence-electron chi connectivity index (χ2n) is 6.79. The van der Waals surface area contributed by atoms with Crippen LogP contribution in [0.15, 0.2) is 44.3 Å². The van der Waals surface area contributed by atoms with E-state index in [-0.39, 0.29) is 29.4 Å². The van der Waals surface area contributed by atoms with Crippen molar-refractivity contribution < 1.29 is 9.15 Å². The van der Waals surface area contributed by atoms with E-state index in [4.69, 9.17) is 9.15 Å². The van der Waals surface area contributed by atoms with Crippen molar-refractivity contribution in [2.45, 2.75) is 39.7 Å². The summed E-state index contributed by atoms with van der Waals surface area (Å²) in [7, 11) is 0. The van der Waals surface area contributed by atoms with Crippen molar-refractivity contribution in [2.24, 2.45) is 4.99 Å². The molecule has 0 saturated carbocycles. The van der Waals surface area contributed by atoms with Gasteiger partial charge in [-0.05, 0) is 31.2 Å². The Morgan fingerprint density at radius 2 is 1.93 bits per heavy atom. The number of benzene rings is 1. The van der Waals surface area contributed by atoms with Gasteiger partial charge in [-0.2, -0.15) is 0 Å². The maximum atomic E-state index is 5.77. The van der Waals surface area contributed by atoms with Crippen LogP contribution in [0.2, 0.25) is 0 Å². The lowest BCUT2D eigenvalue weighted by Gasteiger charge is -2.13. The molecule has 0 unspecified atom stereocenters. The lowest BCUT2D eigenvalue weighted by molar-refractivity contribution is 0.322. The Labute approximate surface area is 186 Å². The quantitative estimate of drug-likeness (QED) is 0.230. The molecule has 0 saturated heterocycles. The second kappa shape index (κ2) is 11.5. The van der Waals surface area contributed by atoms with Gasteiger partial charge in [0.05, 0.1) is 12.7 Å². The van der Waals surface area contributed by atoms with Crippen LogP contribution in [-0.4, -0.2) is 30.6 Å². The van der Waals surface area contributed by atoms with Gasteiger partial charge < -0.3 is 19.8 Å². The van der Waals surface area contributed by atoms with Crippen LogP contribution in [0.1, 0.15) is 39.3 Å². The SMILES string of the molecule is CCNC(=NCc1ncc(C(C)(C)C)o1)NCCOc1ccc(Br)cc1.I. The highest BCUT2D eigenvalue weighted by atomic mass is 127. The minimum Gasteiger partial charge on any atom is -0.492 e. The average molecular weight is 551 g/mol. The van der Waals surface area contributed by atoms with Crippen molar-refractivity contribution in [3.63, 3.8) is 0 Å². The molecular formula is C19H28BrIN4O2. The second-order valence-corrected chi connectivity index (χ2v) is 7.71. The summed E-state index contributed by atoms with van der Waals surface area (Å²) in [6.45, 7) is 10.7. The molecule has 1 aromatic carbocycles. The number of hydrogen-bond acceptors (Lipinski definition) is 4. The number of hydrogen-bond donors (Lipinski definition) is 2. The summed E-state index contributed by atoms with van der Waals surface area (Å²) in [5, 5.41) is 6.45. The number of aliphatic imine (C=N–C) groups is 1. The zero-order chi connectivity index (χ0) is 19.0. The molecule has 27 heavy (non-hydrogen) atoms. The van der Waals surface area contributed by atoms with Gasteiger partial charge >= 0.3 is 0 Å². The van der Waals surface area contributed by atoms with E-state index in [1.165, 1.54) is 0 Å². The lowest BCUT2D eigenvalue weighted by Crippen LogP contribution is -2.39. The Hall–Kier alpha value is -1.29. The molecule has 0 bridgehead atoms. The molecule has 150 valence electrons. The van der Waals surface area contributed by atoms with Crippen LogP contribution in [0.4, 0.5) is 0 Å². The largest absolute Gasteiger partial charge is 0.492 e. The first-order valence-electron chi connectivity index (χ1n) is 8.74. The summed E-state index contributed by atoms with van der Waals surface area (Å²) >= 11 is 3.41. The van der Waals surface area contributed by atoms with Crippen molar-refractivity contribution >= 4 is 45.9 Å². The van der Waals surface area contributed by atoms with Crippen molar-refractivity contribution in [2.75, 3.05) is 19.7 Å². The Bertz CT molecular complexity index is 711. The van der Waals surface area contributed by atoms with E-state index in [1.54, 1.807) is 6.20 Å². The summed E-state index contributed by atoms with van der Waals surface area (Å²) in [6, 6.07) is 7.77. The minimum atomic E-state index is -0.0535.